The number of nitrogens with zero attached hydrogens (tertiary/aromatic N) is 1. The second kappa shape index (κ2) is 3.48. The maximum atomic E-state index is 11.0. The van der Waals surface area contributed by atoms with Crippen LogP contribution in [0, 0.1) is 0 Å². The molecule has 0 spiro atoms. The van der Waals surface area contributed by atoms with Gasteiger partial charge in [-0.3, -0.25) is 9.59 Å². The molecule has 0 radical (unpaired) electrons. The van der Waals surface area contributed by atoms with E-state index < -0.39 is 0 Å². The molecule has 0 bridgehead atoms. The van der Waals surface area contributed by atoms with E-state index in [1.54, 1.807) is 0 Å². The lowest BCUT2D eigenvalue weighted by molar-refractivity contribution is -0.151. The number of carbonyl (C=O) groups excluding carboxylic acids is 2. The van der Waals surface area contributed by atoms with Gasteiger partial charge in [-0.05, 0) is 6.42 Å². The van der Waals surface area contributed by atoms with Gasteiger partial charge in [-0.25, -0.2) is 10.4 Å². The molecule has 1 heterocycles. The fourth-order valence-electron chi connectivity index (χ4n) is 1.09. The van der Waals surface area contributed by atoms with Crippen molar-refractivity contribution >= 4 is 11.8 Å². The average Bonchev–Trinajstić information content (AvgIpc) is 1.97. The molecule has 1 N–H and O–H groups in total. The van der Waals surface area contributed by atoms with Crippen molar-refractivity contribution in [3.8, 4) is 0 Å². The quantitative estimate of drug-likeness (QED) is 0.575. The summed E-state index contributed by atoms with van der Waals surface area (Å²) in [7, 11) is 0. The predicted molar refractivity (Wildman–Crippen MR) is 39.4 cm³/mol. The molecular weight excluding hydrogens is 144 g/mol. The Labute approximate surface area is 65.5 Å². The van der Waals surface area contributed by atoms with E-state index in [4.69, 9.17) is 0 Å². The first-order chi connectivity index (χ1) is 5.25. The third-order valence-electron chi connectivity index (χ3n) is 1.60. The van der Waals surface area contributed by atoms with E-state index in [9.17, 15) is 9.59 Å². The average molecular weight is 156 g/mol. The van der Waals surface area contributed by atoms with Gasteiger partial charge in [0.15, 0.2) is 0 Å². The zero-order valence-corrected chi connectivity index (χ0v) is 6.59. The van der Waals surface area contributed by atoms with Crippen LogP contribution in [-0.4, -0.2) is 23.4 Å². The highest BCUT2D eigenvalue weighted by Gasteiger charge is 2.24. The van der Waals surface area contributed by atoms with E-state index in [2.05, 4.69) is 5.43 Å². The SMILES string of the molecule is CCNN1C(=O)CCCC1=O. The monoisotopic (exact) mass is 156 g/mol. The number of rotatable bonds is 2. The number of amides is 2. The van der Waals surface area contributed by atoms with Crippen LogP contribution in [0.1, 0.15) is 26.2 Å². The lowest BCUT2D eigenvalue weighted by Gasteiger charge is -2.24. The molecule has 0 unspecified atom stereocenters. The number of hydrogen-bond acceptors (Lipinski definition) is 3. The van der Waals surface area contributed by atoms with Crippen molar-refractivity contribution < 1.29 is 9.59 Å². The topological polar surface area (TPSA) is 49.4 Å². The van der Waals surface area contributed by atoms with E-state index in [1.165, 1.54) is 0 Å². The van der Waals surface area contributed by atoms with E-state index in [-0.39, 0.29) is 11.8 Å². The molecular formula is C7H12N2O2. The molecule has 1 rings (SSSR count). The maximum Gasteiger partial charge on any atom is 0.243 e. The van der Waals surface area contributed by atoms with Gasteiger partial charge < -0.3 is 0 Å². The summed E-state index contributed by atoms with van der Waals surface area (Å²) in [5.74, 6) is -0.216. The zero-order chi connectivity index (χ0) is 8.27. The highest BCUT2D eigenvalue weighted by atomic mass is 16.2. The molecule has 1 aliphatic heterocycles. The van der Waals surface area contributed by atoms with Crippen LogP contribution in [0.3, 0.4) is 0 Å². The summed E-state index contributed by atoms with van der Waals surface area (Å²) < 4.78 is 0. The van der Waals surface area contributed by atoms with Gasteiger partial charge >= 0.3 is 0 Å². The minimum absolute atomic E-state index is 0.108. The number of imide groups is 1. The second-order valence-corrected chi connectivity index (χ2v) is 2.49. The Morgan fingerprint density at radius 3 is 2.36 bits per heavy atom. The molecule has 1 aliphatic rings. The first-order valence-corrected chi connectivity index (χ1v) is 3.85. The molecule has 1 saturated heterocycles. The minimum atomic E-state index is -0.108. The molecule has 4 nitrogen and oxygen atoms in total. The van der Waals surface area contributed by atoms with Crippen LogP contribution in [0.5, 0.6) is 0 Å². The molecule has 4 heteroatoms. The first-order valence-electron chi connectivity index (χ1n) is 3.85. The van der Waals surface area contributed by atoms with Crippen LogP contribution in [0.15, 0.2) is 0 Å². The summed E-state index contributed by atoms with van der Waals surface area (Å²) in [6, 6.07) is 0. The molecule has 0 aromatic heterocycles. The third-order valence-corrected chi connectivity index (χ3v) is 1.60. The summed E-state index contributed by atoms with van der Waals surface area (Å²) >= 11 is 0. The molecule has 0 aromatic carbocycles. The van der Waals surface area contributed by atoms with Crippen molar-refractivity contribution in [3.05, 3.63) is 0 Å². The molecule has 1 fully saturated rings. The Morgan fingerprint density at radius 1 is 1.36 bits per heavy atom. The first kappa shape index (κ1) is 8.20. The molecule has 0 aliphatic carbocycles. The Kier molecular flexibility index (Phi) is 2.59. The maximum absolute atomic E-state index is 11.0. The standard InChI is InChI=1S/C7H12N2O2/c1-2-8-9-6(10)4-3-5-7(9)11/h8H,2-5H2,1H3. The van der Waals surface area contributed by atoms with Crippen molar-refractivity contribution in [2.75, 3.05) is 6.54 Å². The van der Waals surface area contributed by atoms with Crippen LogP contribution in [-0.2, 0) is 9.59 Å². The second-order valence-electron chi connectivity index (χ2n) is 2.49. The fourth-order valence-corrected chi connectivity index (χ4v) is 1.09. The largest absolute Gasteiger partial charge is 0.273 e. The Hall–Kier alpha value is -0.900. The summed E-state index contributed by atoms with van der Waals surface area (Å²) in [5.41, 5.74) is 2.72. The van der Waals surface area contributed by atoms with Crippen LogP contribution < -0.4 is 5.43 Å². The van der Waals surface area contributed by atoms with Crippen molar-refractivity contribution in [1.82, 2.24) is 10.4 Å². The summed E-state index contributed by atoms with van der Waals surface area (Å²) in [4.78, 5) is 22.1. The smallest absolute Gasteiger partial charge is 0.243 e. The Balaban J connectivity index is 2.55. The van der Waals surface area contributed by atoms with Crippen molar-refractivity contribution in [2.45, 2.75) is 26.2 Å². The van der Waals surface area contributed by atoms with Gasteiger partial charge in [-0.15, -0.1) is 0 Å². The number of carbonyl (C=O) groups is 2. The normalized spacial score (nSPS) is 19.2. The van der Waals surface area contributed by atoms with E-state index in [1.807, 2.05) is 6.92 Å². The lowest BCUT2D eigenvalue weighted by Crippen LogP contribution is -2.49. The van der Waals surface area contributed by atoms with Crippen LogP contribution >= 0.6 is 0 Å². The van der Waals surface area contributed by atoms with Gasteiger partial charge in [0, 0.05) is 19.4 Å². The Morgan fingerprint density at radius 2 is 1.91 bits per heavy atom. The minimum Gasteiger partial charge on any atom is -0.273 e. The van der Waals surface area contributed by atoms with Gasteiger partial charge in [0.05, 0.1) is 0 Å². The molecule has 0 atom stereocenters. The highest BCUT2D eigenvalue weighted by molar-refractivity contribution is 5.96. The number of hydrogen-bond donors (Lipinski definition) is 1. The van der Waals surface area contributed by atoms with Crippen molar-refractivity contribution in [1.29, 1.82) is 0 Å². The summed E-state index contributed by atoms with van der Waals surface area (Å²) in [5, 5.41) is 1.13. The zero-order valence-electron chi connectivity index (χ0n) is 6.59. The number of hydrazine groups is 1. The van der Waals surface area contributed by atoms with E-state index in [0.717, 1.165) is 5.01 Å². The predicted octanol–water partition coefficient (Wildman–Crippen LogP) is 0.0500. The van der Waals surface area contributed by atoms with Gasteiger partial charge in [0.2, 0.25) is 11.8 Å². The van der Waals surface area contributed by atoms with Crippen molar-refractivity contribution in [3.63, 3.8) is 0 Å². The van der Waals surface area contributed by atoms with Gasteiger partial charge in [0.1, 0.15) is 0 Å². The molecule has 0 saturated carbocycles. The van der Waals surface area contributed by atoms with Gasteiger partial charge in [0.25, 0.3) is 0 Å². The van der Waals surface area contributed by atoms with Crippen LogP contribution in [0.4, 0.5) is 0 Å². The molecule has 62 valence electrons. The fraction of sp³-hybridized carbons (Fsp3) is 0.714. The van der Waals surface area contributed by atoms with E-state index >= 15 is 0 Å². The van der Waals surface area contributed by atoms with Crippen LogP contribution in [0.2, 0.25) is 0 Å². The summed E-state index contributed by atoms with van der Waals surface area (Å²) in [6.07, 6.45) is 1.66. The molecule has 2 amide bonds. The van der Waals surface area contributed by atoms with E-state index in [0.29, 0.717) is 25.8 Å². The summed E-state index contributed by atoms with van der Waals surface area (Å²) in [6.45, 7) is 2.46. The van der Waals surface area contributed by atoms with Crippen molar-refractivity contribution in [2.24, 2.45) is 0 Å². The number of piperidine rings is 1. The van der Waals surface area contributed by atoms with Crippen LogP contribution in [0.25, 0.3) is 0 Å². The third kappa shape index (κ3) is 1.77. The number of nitrogens with one attached hydrogen (secondary N) is 1. The lowest BCUT2D eigenvalue weighted by atomic mass is 10.1. The highest BCUT2D eigenvalue weighted by Crippen LogP contribution is 2.09. The van der Waals surface area contributed by atoms with Gasteiger partial charge in [-0.1, -0.05) is 6.92 Å². The Bertz CT molecular complexity index is 163. The molecule has 11 heavy (non-hydrogen) atoms. The molecule has 0 aromatic rings. The van der Waals surface area contributed by atoms with Gasteiger partial charge in [-0.2, -0.15) is 0 Å².